The van der Waals surface area contributed by atoms with Gasteiger partial charge in [-0.1, -0.05) is 6.92 Å². The molecule has 102 valence electrons. The molecule has 0 bridgehead atoms. The Hall–Kier alpha value is -1.10. The van der Waals surface area contributed by atoms with Crippen molar-refractivity contribution in [2.45, 2.75) is 51.1 Å². The van der Waals surface area contributed by atoms with E-state index in [4.69, 9.17) is 0 Å². The lowest BCUT2D eigenvalue weighted by Gasteiger charge is -2.39. The number of carbonyl (C=O) groups excluding carboxylic acids is 2. The number of hydrogen-bond acceptors (Lipinski definition) is 3. The number of nitrogens with one attached hydrogen (secondary N) is 2. The summed E-state index contributed by atoms with van der Waals surface area (Å²) in [4.78, 5) is 25.5. The second-order valence-corrected chi connectivity index (χ2v) is 5.18. The summed E-state index contributed by atoms with van der Waals surface area (Å²) in [5, 5.41) is 6.18. The monoisotopic (exact) mass is 253 g/mol. The first-order valence-corrected chi connectivity index (χ1v) is 7.03. The number of carbonyl (C=O) groups is 2. The lowest BCUT2D eigenvalue weighted by atomic mass is 9.98. The van der Waals surface area contributed by atoms with Gasteiger partial charge in [-0.25, -0.2) is 0 Å². The standard InChI is InChI=1S/C13H23N3O2/c1-2-7-14-11-4-3-8-16(13(11)18)10-5-6-12(17)15-9-10/h10-11,14H,2-9H2,1H3,(H,15,17). The molecule has 2 unspecified atom stereocenters. The van der Waals surface area contributed by atoms with Crippen LogP contribution in [0.25, 0.3) is 0 Å². The van der Waals surface area contributed by atoms with E-state index in [1.54, 1.807) is 0 Å². The number of piperidine rings is 2. The summed E-state index contributed by atoms with van der Waals surface area (Å²) in [6.45, 7) is 4.45. The van der Waals surface area contributed by atoms with Gasteiger partial charge in [0.1, 0.15) is 0 Å². The molecule has 0 saturated carbocycles. The van der Waals surface area contributed by atoms with Crippen molar-refractivity contribution in [2.24, 2.45) is 0 Å². The van der Waals surface area contributed by atoms with Gasteiger partial charge in [0, 0.05) is 25.6 Å². The Kier molecular flexibility index (Phi) is 4.58. The zero-order chi connectivity index (χ0) is 13.0. The van der Waals surface area contributed by atoms with Gasteiger partial charge in [0.15, 0.2) is 0 Å². The quantitative estimate of drug-likeness (QED) is 0.755. The minimum atomic E-state index is -0.0173. The fourth-order valence-corrected chi connectivity index (χ4v) is 2.76. The summed E-state index contributed by atoms with van der Waals surface area (Å²) in [5.41, 5.74) is 0. The molecule has 2 rings (SSSR count). The van der Waals surface area contributed by atoms with Crippen molar-refractivity contribution in [3.05, 3.63) is 0 Å². The van der Waals surface area contributed by atoms with E-state index in [-0.39, 0.29) is 23.9 Å². The first-order chi connectivity index (χ1) is 8.72. The van der Waals surface area contributed by atoms with Crippen molar-refractivity contribution in [1.29, 1.82) is 0 Å². The van der Waals surface area contributed by atoms with Crippen LogP contribution < -0.4 is 10.6 Å². The highest BCUT2D eigenvalue weighted by Gasteiger charge is 2.34. The van der Waals surface area contributed by atoms with Crippen LogP contribution in [0.2, 0.25) is 0 Å². The molecular formula is C13H23N3O2. The fourth-order valence-electron chi connectivity index (χ4n) is 2.76. The van der Waals surface area contributed by atoms with Gasteiger partial charge in [-0.05, 0) is 32.2 Å². The minimum absolute atomic E-state index is 0.0173. The van der Waals surface area contributed by atoms with Crippen LogP contribution in [-0.2, 0) is 9.59 Å². The van der Waals surface area contributed by atoms with Crippen LogP contribution in [0.1, 0.15) is 39.0 Å². The molecule has 2 N–H and O–H groups in total. The lowest BCUT2D eigenvalue weighted by Crippen LogP contribution is -2.58. The summed E-state index contributed by atoms with van der Waals surface area (Å²) >= 11 is 0. The van der Waals surface area contributed by atoms with Crippen LogP contribution in [0, 0.1) is 0 Å². The molecule has 5 nitrogen and oxygen atoms in total. The predicted octanol–water partition coefficient (Wildman–Crippen LogP) is 0.256. The molecule has 0 radical (unpaired) electrons. The highest BCUT2D eigenvalue weighted by atomic mass is 16.2. The molecule has 2 heterocycles. The molecule has 2 aliphatic rings. The van der Waals surface area contributed by atoms with Crippen LogP contribution in [0.5, 0.6) is 0 Å². The van der Waals surface area contributed by atoms with Crippen molar-refractivity contribution >= 4 is 11.8 Å². The molecule has 2 aliphatic heterocycles. The van der Waals surface area contributed by atoms with Crippen LogP contribution in [0.4, 0.5) is 0 Å². The van der Waals surface area contributed by atoms with Gasteiger partial charge in [0.2, 0.25) is 11.8 Å². The summed E-state index contributed by atoms with van der Waals surface area (Å²) in [7, 11) is 0. The zero-order valence-electron chi connectivity index (χ0n) is 11.1. The van der Waals surface area contributed by atoms with E-state index in [2.05, 4.69) is 17.6 Å². The summed E-state index contributed by atoms with van der Waals surface area (Å²) in [6, 6.07) is 0.178. The van der Waals surface area contributed by atoms with Gasteiger partial charge < -0.3 is 15.5 Å². The molecule has 2 fully saturated rings. The molecule has 0 aromatic rings. The number of rotatable bonds is 4. The molecule has 0 aromatic carbocycles. The molecule has 0 spiro atoms. The van der Waals surface area contributed by atoms with Gasteiger partial charge in [0.05, 0.1) is 6.04 Å². The normalized spacial score (nSPS) is 29.3. The van der Waals surface area contributed by atoms with E-state index in [0.717, 1.165) is 38.8 Å². The molecule has 2 amide bonds. The minimum Gasteiger partial charge on any atom is -0.354 e. The van der Waals surface area contributed by atoms with Gasteiger partial charge in [-0.2, -0.15) is 0 Å². The Bertz CT molecular complexity index is 309. The molecule has 2 saturated heterocycles. The number of hydrogen-bond donors (Lipinski definition) is 2. The molecule has 18 heavy (non-hydrogen) atoms. The van der Waals surface area contributed by atoms with Crippen LogP contribution in [-0.4, -0.2) is 48.4 Å². The Morgan fingerprint density at radius 1 is 1.39 bits per heavy atom. The Labute approximate surface area is 108 Å². The number of nitrogens with zero attached hydrogens (tertiary/aromatic N) is 1. The second-order valence-electron chi connectivity index (χ2n) is 5.18. The largest absolute Gasteiger partial charge is 0.354 e. The first kappa shape index (κ1) is 13.3. The van der Waals surface area contributed by atoms with Crippen LogP contribution in [0.15, 0.2) is 0 Å². The van der Waals surface area contributed by atoms with Gasteiger partial charge >= 0.3 is 0 Å². The van der Waals surface area contributed by atoms with Crippen molar-refractivity contribution in [3.63, 3.8) is 0 Å². The summed E-state index contributed by atoms with van der Waals surface area (Å²) in [5.74, 6) is 0.326. The average molecular weight is 253 g/mol. The van der Waals surface area contributed by atoms with Crippen molar-refractivity contribution in [2.75, 3.05) is 19.6 Å². The van der Waals surface area contributed by atoms with E-state index >= 15 is 0 Å². The maximum Gasteiger partial charge on any atom is 0.240 e. The predicted molar refractivity (Wildman–Crippen MR) is 69.1 cm³/mol. The Morgan fingerprint density at radius 2 is 2.22 bits per heavy atom. The molecule has 2 atom stereocenters. The van der Waals surface area contributed by atoms with Crippen molar-refractivity contribution in [1.82, 2.24) is 15.5 Å². The first-order valence-electron chi connectivity index (χ1n) is 7.03. The van der Waals surface area contributed by atoms with E-state index in [1.165, 1.54) is 0 Å². The Morgan fingerprint density at radius 3 is 2.89 bits per heavy atom. The third-order valence-electron chi connectivity index (χ3n) is 3.79. The maximum absolute atomic E-state index is 12.4. The highest BCUT2D eigenvalue weighted by molar-refractivity contribution is 5.83. The maximum atomic E-state index is 12.4. The second kappa shape index (κ2) is 6.18. The number of amides is 2. The van der Waals surface area contributed by atoms with E-state index in [0.29, 0.717) is 13.0 Å². The molecule has 0 aliphatic carbocycles. The lowest BCUT2D eigenvalue weighted by molar-refractivity contribution is -0.140. The average Bonchev–Trinajstić information content (AvgIpc) is 2.39. The smallest absolute Gasteiger partial charge is 0.240 e. The molecular weight excluding hydrogens is 230 g/mol. The third kappa shape index (κ3) is 3.02. The number of likely N-dealkylation sites (tertiary alicyclic amines) is 1. The zero-order valence-corrected chi connectivity index (χ0v) is 11.1. The Balaban J connectivity index is 1.91. The topological polar surface area (TPSA) is 61.4 Å². The molecule has 0 aromatic heterocycles. The third-order valence-corrected chi connectivity index (χ3v) is 3.79. The highest BCUT2D eigenvalue weighted by Crippen LogP contribution is 2.19. The summed E-state index contributed by atoms with van der Waals surface area (Å²) in [6.07, 6.45) is 4.38. The van der Waals surface area contributed by atoms with E-state index in [9.17, 15) is 9.59 Å². The van der Waals surface area contributed by atoms with Gasteiger partial charge in [-0.3, -0.25) is 9.59 Å². The van der Waals surface area contributed by atoms with Crippen LogP contribution >= 0.6 is 0 Å². The van der Waals surface area contributed by atoms with Crippen LogP contribution in [0.3, 0.4) is 0 Å². The molecule has 5 heteroatoms. The van der Waals surface area contributed by atoms with Crippen molar-refractivity contribution < 1.29 is 9.59 Å². The van der Waals surface area contributed by atoms with Crippen molar-refractivity contribution in [3.8, 4) is 0 Å². The summed E-state index contributed by atoms with van der Waals surface area (Å²) < 4.78 is 0. The van der Waals surface area contributed by atoms with E-state index in [1.807, 2.05) is 4.90 Å². The van der Waals surface area contributed by atoms with Gasteiger partial charge in [0.25, 0.3) is 0 Å². The fraction of sp³-hybridized carbons (Fsp3) is 0.846. The van der Waals surface area contributed by atoms with Gasteiger partial charge in [-0.15, -0.1) is 0 Å². The van der Waals surface area contributed by atoms with E-state index < -0.39 is 0 Å². The SMILES string of the molecule is CCCNC1CCCN(C2CCC(=O)NC2)C1=O.